The van der Waals surface area contributed by atoms with Gasteiger partial charge in [0.25, 0.3) is 0 Å². The number of carbonyl (C=O) groups is 1. The molecule has 3 fully saturated rings. The lowest BCUT2D eigenvalue weighted by Crippen LogP contribution is -2.66. The van der Waals surface area contributed by atoms with Crippen LogP contribution in [0, 0.1) is 0 Å². The Morgan fingerprint density at radius 1 is 0.389 bits per heavy atom. The molecule has 19 heteroatoms. The van der Waals surface area contributed by atoms with Gasteiger partial charge >= 0.3 is 0 Å². The number of aliphatic hydroxyl groups is 11. The molecule has 0 aromatic rings. The van der Waals surface area contributed by atoms with Gasteiger partial charge in [0.05, 0.1) is 38.6 Å². The largest absolute Gasteiger partial charge is 0.394 e. The minimum absolute atomic E-state index is 0.199. The highest BCUT2D eigenvalue weighted by atomic mass is 16.8. The first kappa shape index (κ1) is 86.2. The van der Waals surface area contributed by atoms with E-state index in [-0.39, 0.29) is 18.9 Å². The molecule has 0 aromatic heterocycles. The molecule has 19 nitrogen and oxygen atoms in total. The van der Waals surface area contributed by atoms with Crippen LogP contribution in [0.25, 0.3) is 0 Å². The van der Waals surface area contributed by atoms with Gasteiger partial charge in [0.1, 0.15) is 73.2 Å². The van der Waals surface area contributed by atoms with E-state index in [4.69, 9.17) is 28.4 Å². The third kappa shape index (κ3) is 37.8. The average Bonchev–Trinajstić information content (AvgIpc) is 0.787. The molecule has 17 atom stereocenters. The summed E-state index contributed by atoms with van der Waals surface area (Å²) >= 11 is 0. The van der Waals surface area contributed by atoms with Crippen LogP contribution >= 0.6 is 0 Å². The van der Waals surface area contributed by atoms with Crippen LogP contribution in [-0.2, 0) is 33.2 Å². The molecule has 0 radical (unpaired) electrons. The molecule has 3 rings (SSSR count). The fraction of sp³-hybridized carbons (Fsp3) is 0.803. The monoisotopic (exact) mass is 1350 g/mol. The third-order valence-electron chi connectivity index (χ3n) is 18.2. The maximum atomic E-state index is 13.4. The molecular formula is C76H133NO18. The van der Waals surface area contributed by atoms with Gasteiger partial charge in [-0.2, -0.15) is 0 Å². The van der Waals surface area contributed by atoms with Crippen molar-refractivity contribution in [2.24, 2.45) is 0 Å². The van der Waals surface area contributed by atoms with Crippen molar-refractivity contribution in [3.8, 4) is 0 Å². The van der Waals surface area contributed by atoms with E-state index in [1.807, 2.05) is 6.08 Å². The minimum Gasteiger partial charge on any atom is -0.394 e. The Labute approximate surface area is 571 Å². The topological polar surface area (TPSA) is 307 Å². The maximum Gasteiger partial charge on any atom is 0.220 e. The predicted molar refractivity (Wildman–Crippen MR) is 374 cm³/mol. The summed E-state index contributed by atoms with van der Waals surface area (Å²) in [5.74, 6) is -0.315. The quantitative estimate of drug-likeness (QED) is 0.0199. The highest BCUT2D eigenvalue weighted by Crippen LogP contribution is 2.33. The second-order valence-electron chi connectivity index (χ2n) is 26.4. The Morgan fingerprint density at radius 3 is 1.18 bits per heavy atom. The number of rotatable bonds is 57. The van der Waals surface area contributed by atoms with Crippen molar-refractivity contribution in [1.82, 2.24) is 5.32 Å². The lowest BCUT2D eigenvalue weighted by molar-refractivity contribution is -0.379. The van der Waals surface area contributed by atoms with Crippen LogP contribution in [0.1, 0.15) is 258 Å². The van der Waals surface area contributed by atoms with E-state index in [1.54, 1.807) is 6.08 Å². The van der Waals surface area contributed by atoms with Crippen molar-refractivity contribution in [2.75, 3.05) is 26.4 Å². The second kappa shape index (κ2) is 56.7. The summed E-state index contributed by atoms with van der Waals surface area (Å²) in [6.45, 7) is 1.58. The van der Waals surface area contributed by atoms with Crippen molar-refractivity contribution in [2.45, 2.75) is 362 Å². The lowest BCUT2D eigenvalue weighted by atomic mass is 9.96. The van der Waals surface area contributed by atoms with Crippen LogP contribution < -0.4 is 5.32 Å². The zero-order valence-corrected chi connectivity index (χ0v) is 58.4. The van der Waals surface area contributed by atoms with Crippen LogP contribution in [-0.4, -0.2) is 193 Å². The van der Waals surface area contributed by atoms with Gasteiger partial charge in [0.15, 0.2) is 18.9 Å². The summed E-state index contributed by atoms with van der Waals surface area (Å²) in [5, 5.41) is 121. The van der Waals surface area contributed by atoms with E-state index >= 15 is 0 Å². The molecule has 17 unspecified atom stereocenters. The van der Waals surface area contributed by atoms with Crippen molar-refractivity contribution in [1.29, 1.82) is 0 Å². The highest BCUT2D eigenvalue weighted by Gasteiger charge is 2.53. The Morgan fingerprint density at radius 2 is 0.737 bits per heavy atom. The summed E-state index contributed by atoms with van der Waals surface area (Å²) in [4.78, 5) is 13.4. The molecule has 0 bridgehead atoms. The fourth-order valence-corrected chi connectivity index (χ4v) is 12.2. The molecule has 0 aromatic carbocycles. The molecule has 95 heavy (non-hydrogen) atoms. The first-order valence-corrected chi connectivity index (χ1v) is 37.3. The van der Waals surface area contributed by atoms with Crippen LogP contribution in [0.4, 0.5) is 0 Å². The zero-order chi connectivity index (χ0) is 68.9. The minimum atomic E-state index is -1.99. The van der Waals surface area contributed by atoms with Gasteiger partial charge in [0, 0.05) is 6.42 Å². The number of nitrogens with one attached hydrogen (secondary N) is 1. The number of hydrogen-bond donors (Lipinski definition) is 12. The summed E-state index contributed by atoms with van der Waals surface area (Å²) in [6.07, 6.45) is 47.3. The van der Waals surface area contributed by atoms with E-state index < -0.39 is 124 Å². The maximum absolute atomic E-state index is 13.4. The Balaban J connectivity index is 1.40. The summed E-state index contributed by atoms with van der Waals surface area (Å²) in [6, 6.07) is -1.02. The predicted octanol–water partition coefficient (Wildman–Crippen LogP) is 11.1. The van der Waals surface area contributed by atoms with Gasteiger partial charge in [-0.3, -0.25) is 4.79 Å². The smallest absolute Gasteiger partial charge is 0.220 e. The van der Waals surface area contributed by atoms with Crippen molar-refractivity contribution in [3.63, 3.8) is 0 Å². The Kier molecular flexibility index (Phi) is 51.4. The molecule has 3 aliphatic rings. The van der Waals surface area contributed by atoms with Crippen LogP contribution in [0.15, 0.2) is 85.1 Å². The molecule has 3 aliphatic heterocycles. The van der Waals surface area contributed by atoms with Gasteiger partial charge in [-0.05, 0) is 83.5 Å². The van der Waals surface area contributed by atoms with Crippen molar-refractivity contribution < 1.29 is 89.4 Å². The van der Waals surface area contributed by atoms with Crippen molar-refractivity contribution >= 4 is 5.91 Å². The first-order valence-electron chi connectivity index (χ1n) is 37.3. The van der Waals surface area contributed by atoms with E-state index in [2.05, 4.69) is 92.1 Å². The molecule has 1 amide bonds. The Bertz CT molecular complexity index is 2050. The first-order chi connectivity index (χ1) is 46.3. The Hall–Kier alpha value is -3.03. The lowest BCUT2D eigenvalue weighted by Gasteiger charge is -2.48. The number of amides is 1. The van der Waals surface area contributed by atoms with Gasteiger partial charge in [-0.15, -0.1) is 0 Å². The number of aliphatic hydroxyl groups excluding tert-OH is 11. The van der Waals surface area contributed by atoms with E-state index in [9.17, 15) is 61.0 Å². The standard InChI is InChI=1S/C76H133NO18/c1-3-5-7-9-11-13-15-17-19-21-22-23-24-25-26-27-28-29-30-31-32-33-34-35-36-38-39-41-43-45-47-49-51-53-60(81)59(77-64(82)54-52-50-48-46-44-42-40-37-20-18-16-14-12-10-8-6-4-2)58-90-74-70(88)67(85)72(62(56-79)92-74)95-76-71(89)68(86)73(63(57-80)93-76)94-75-69(87)66(84)65(83)61(55-78)91-75/h6,8,12,14,18,20,36,38,40,42-43,45,51,53,59-63,65-76,78-81,83-89H,3-5,7,9-11,13,15-17,19,21-35,37,39,41,44,46-50,52,54-58H2,1-2H3,(H,77,82)/b8-6-,14-12-,20-18-,38-36+,42-40-,45-43+,53-51+. The fourth-order valence-electron chi connectivity index (χ4n) is 12.2. The number of carbonyl (C=O) groups excluding carboxylic acids is 1. The van der Waals surface area contributed by atoms with Gasteiger partial charge in [0.2, 0.25) is 5.91 Å². The van der Waals surface area contributed by atoms with Gasteiger partial charge in [-0.25, -0.2) is 0 Å². The SMILES string of the molecule is CC/C=C\C/C=C\C/C=C\C/C=C\CCCCCCC(=O)NC(COC1OC(CO)C(OC2OC(CO)C(OC3OC(CO)C(O)C(O)C3O)C(O)C2O)C(O)C1O)C(O)/C=C/CC/C=C/CC/C=C/CCCCCCCCCCCCCCCCCCCCCCCCC. The zero-order valence-electron chi connectivity index (χ0n) is 58.4. The van der Waals surface area contributed by atoms with Gasteiger partial charge in [-0.1, -0.05) is 253 Å². The number of allylic oxidation sites excluding steroid dienone is 13. The summed E-state index contributed by atoms with van der Waals surface area (Å²) in [7, 11) is 0. The molecule has 3 saturated heterocycles. The molecule has 3 heterocycles. The van der Waals surface area contributed by atoms with Crippen LogP contribution in [0.5, 0.6) is 0 Å². The molecule has 550 valence electrons. The number of unbranched alkanes of at least 4 members (excludes halogenated alkanes) is 29. The number of ether oxygens (including phenoxy) is 6. The van der Waals surface area contributed by atoms with E-state index in [0.717, 1.165) is 77.0 Å². The molecule has 0 spiro atoms. The normalized spacial score (nSPS) is 27.7. The molecule has 12 N–H and O–H groups in total. The molecule has 0 saturated carbocycles. The van der Waals surface area contributed by atoms with E-state index in [0.29, 0.717) is 12.8 Å². The molecular weight excluding hydrogens is 1210 g/mol. The summed E-state index contributed by atoms with van der Waals surface area (Å²) in [5.41, 5.74) is 0. The van der Waals surface area contributed by atoms with Gasteiger partial charge < -0.3 is 89.9 Å². The highest BCUT2D eigenvalue weighted by molar-refractivity contribution is 5.76. The number of hydrogen-bond acceptors (Lipinski definition) is 18. The average molecular weight is 1350 g/mol. The third-order valence-corrected chi connectivity index (χ3v) is 18.2. The van der Waals surface area contributed by atoms with Crippen LogP contribution in [0.3, 0.4) is 0 Å². The van der Waals surface area contributed by atoms with Crippen LogP contribution in [0.2, 0.25) is 0 Å². The van der Waals surface area contributed by atoms with Crippen molar-refractivity contribution in [3.05, 3.63) is 85.1 Å². The van der Waals surface area contributed by atoms with E-state index in [1.165, 1.54) is 148 Å². The molecule has 0 aliphatic carbocycles. The summed E-state index contributed by atoms with van der Waals surface area (Å²) < 4.78 is 34.3. The second-order valence-corrected chi connectivity index (χ2v) is 26.4.